The molecular formula is C37H38F3N7OSi. The maximum atomic E-state index is 13.3. The third-order valence-electron chi connectivity index (χ3n) is 9.32. The highest BCUT2D eigenvalue weighted by Gasteiger charge is 2.52. The second-order valence-corrected chi connectivity index (χ2v) is 17.9. The summed E-state index contributed by atoms with van der Waals surface area (Å²) in [6.45, 7) is 6.84. The van der Waals surface area contributed by atoms with E-state index in [9.17, 15) is 13.2 Å². The summed E-state index contributed by atoms with van der Waals surface area (Å²) in [5, 5.41) is 15.0. The van der Waals surface area contributed by atoms with Crippen molar-refractivity contribution in [2.75, 3.05) is 5.32 Å². The normalized spacial score (nSPS) is 17.1. The SMILES string of the molecule is Cn1cc(-c2nc(-c3ccc(C(F)(F)F)cc3)cn3nc(N[C@H]4CCC[C@H]4O[Si](c4ccccc4)(c4ccccc4)C(C)(C)C)nc23)cn1. The standard InChI is InChI=1S/C37H38F3N7OSi/c1-36(2,3)49(28-12-7-5-8-13-28,29-14-9-6-10-15-29)48-32-17-11-16-30(32)43-35-44-34-33(26-22-41-46(4)23-26)42-31(24-47(34)45-35)25-18-20-27(21-19-25)37(38,39)40/h5-10,12-15,18-24,30,32H,11,16-17H2,1-4H3,(H,43,45)/t30-,32+/m0/s1. The van der Waals surface area contributed by atoms with E-state index in [2.05, 4.69) is 79.7 Å². The molecule has 6 aromatic rings. The molecule has 1 fully saturated rings. The molecule has 0 spiro atoms. The number of halogens is 3. The van der Waals surface area contributed by atoms with Crippen LogP contribution >= 0.6 is 0 Å². The van der Waals surface area contributed by atoms with Crippen molar-refractivity contribution in [3.05, 3.63) is 109 Å². The molecule has 252 valence electrons. The summed E-state index contributed by atoms with van der Waals surface area (Å²) < 4.78 is 50.6. The summed E-state index contributed by atoms with van der Waals surface area (Å²) in [6, 6.07) is 26.2. The van der Waals surface area contributed by atoms with Gasteiger partial charge >= 0.3 is 6.18 Å². The molecule has 12 heteroatoms. The zero-order valence-corrected chi connectivity index (χ0v) is 28.8. The highest BCUT2D eigenvalue weighted by Crippen LogP contribution is 2.40. The maximum absolute atomic E-state index is 13.3. The lowest BCUT2D eigenvalue weighted by Crippen LogP contribution is -2.68. The van der Waals surface area contributed by atoms with Gasteiger partial charge in [0.05, 0.1) is 35.8 Å². The number of hydrogen-bond acceptors (Lipinski definition) is 6. The Kier molecular flexibility index (Phi) is 8.40. The van der Waals surface area contributed by atoms with E-state index >= 15 is 0 Å². The molecular weight excluding hydrogens is 644 g/mol. The Bertz CT molecular complexity index is 2020. The molecule has 0 radical (unpaired) electrons. The lowest BCUT2D eigenvalue weighted by molar-refractivity contribution is -0.137. The second-order valence-electron chi connectivity index (χ2n) is 13.7. The van der Waals surface area contributed by atoms with Crippen LogP contribution in [0.25, 0.3) is 28.2 Å². The van der Waals surface area contributed by atoms with E-state index in [4.69, 9.17) is 19.5 Å². The van der Waals surface area contributed by atoms with E-state index in [1.807, 2.05) is 25.4 Å². The third-order valence-corrected chi connectivity index (χ3v) is 14.4. The zero-order valence-electron chi connectivity index (χ0n) is 27.8. The number of nitrogens with one attached hydrogen (secondary N) is 1. The summed E-state index contributed by atoms with van der Waals surface area (Å²) in [5.74, 6) is 0.430. The van der Waals surface area contributed by atoms with Crippen molar-refractivity contribution in [2.24, 2.45) is 7.05 Å². The van der Waals surface area contributed by atoms with Gasteiger partial charge in [-0.1, -0.05) is 93.6 Å². The highest BCUT2D eigenvalue weighted by molar-refractivity contribution is 6.99. The van der Waals surface area contributed by atoms with E-state index < -0.39 is 20.1 Å². The lowest BCUT2D eigenvalue weighted by atomic mass is 10.1. The molecule has 0 unspecified atom stereocenters. The van der Waals surface area contributed by atoms with Crippen molar-refractivity contribution >= 4 is 30.3 Å². The van der Waals surface area contributed by atoms with Crippen LogP contribution in [0.1, 0.15) is 45.6 Å². The van der Waals surface area contributed by atoms with Gasteiger partial charge in [-0.25, -0.2) is 9.50 Å². The van der Waals surface area contributed by atoms with Gasteiger partial charge in [-0.15, -0.1) is 5.10 Å². The van der Waals surface area contributed by atoms with Gasteiger partial charge in [-0.2, -0.15) is 23.3 Å². The average molecular weight is 682 g/mol. The van der Waals surface area contributed by atoms with Crippen molar-refractivity contribution in [3.8, 4) is 22.5 Å². The van der Waals surface area contributed by atoms with Crippen LogP contribution in [0.2, 0.25) is 5.04 Å². The quantitative estimate of drug-likeness (QED) is 0.172. The summed E-state index contributed by atoms with van der Waals surface area (Å²) in [7, 11) is -0.984. The minimum atomic E-state index is -4.43. The Hall–Kier alpha value is -4.81. The monoisotopic (exact) mass is 681 g/mol. The fraction of sp³-hybridized carbons (Fsp3) is 0.297. The molecule has 3 aromatic heterocycles. The van der Waals surface area contributed by atoms with Crippen LogP contribution < -0.4 is 15.7 Å². The zero-order chi connectivity index (χ0) is 34.4. The van der Waals surface area contributed by atoms with E-state index in [1.54, 1.807) is 21.6 Å². The van der Waals surface area contributed by atoms with Crippen molar-refractivity contribution in [3.63, 3.8) is 0 Å². The number of alkyl halides is 3. The van der Waals surface area contributed by atoms with Crippen LogP contribution in [-0.4, -0.2) is 49.8 Å². The summed E-state index contributed by atoms with van der Waals surface area (Å²) >= 11 is 0. The lowest BCUT2D eigenvalue weighted by Gasteiger charge is -2.45. The van der Waals surface area contributed by atoms with Gasteiger partial charge in [0.2, 0.25) is 5.95 Å². The van der Waals surface area contributed by atoms with E-state index in [0.717, 1.165) is 31.4 Å². The first-order valence-electron chi connectivity index (χ1n) is 16.4. The Balaban J connectivity index is 1.25. The van der Waals surface area contributed by atoms with Crippen molar-refractivity contribution in [1.82, 2.24) is 29.4 Å². The topological polar surface area (TPSA) is 82.2 Å². The molecule has 0 aliphatic heterocycles. The molecule has 0 bridgehead atoms. The molecule has 1 N–H and O–H groups in total. The number of fused-ring (bicyclic) bond motifs is 1. The number of hydrogen-bond donors (Lipinski definition) is 1. The van der Waals surface area contributed by atoms with Gasteiger partial charge < -0.3 is 9.74 Å². The molecule has 1 aliphatic carbocycles. The maximum Gasteiger partial charge on any atom is 0.416 e. The number of rotatable bonds is 8. The smallest absolute Gasteiger partial charge is 0.402 e. The molecule has 0 saturated heterocycles. The minimum absolute atomic E-state index is 0.0387. The van der Waals surface area contributed by atoms with Crippen molar-refractivity contribution in [1.29, 1.82) is 0 Å². The molecule has 1 saturated carbocycles. The number of aryl methyl sites for hydroxylation is 1. The highest BCUT2D eigenvalue weighted by atomic mass is 28.4. The molecule has 8 nitrogen and oxygen atoms in total. The fourth-order valence-electron chi connectivity index (χ4n) is 6.97. The first-order chi connectivity index (χ1) is 23.4. The number of benzene rings is 3. The fourth-order valence-corrected chi connectivity index (χ4v) is 11.7. The summed E-state index contributed by atoms with van der Waals surface area (Å²) in [4.78, 5) is 9.73. The van der Waals surface area contributed by atoms with E-state index in [-0.39, 0.29) is 17.2 Å². The number of nitrogens with zero attached hydrogens (tertiary/aromatic N) is 6. The van der Waals surface area contributed by atoms with Gasteiger partial charge in [-0.05, 0) is 46.8 Å². The Morgan fingerprint density at radius 2 is 1.47 bits per heavy atom. The number of aromatic nitrogens is 6. The molecule has 0 amide bonds. The molecule has 2 atom stereocenters. The van der Waals surface area contributed by atoms with Crippen LogP contribution in [0.15, 0.2) is 104 Å². The molecule has 1 aliphatic rings. The van der Waals surface area contributed by atoms with Gasteiger partial charge in [-0.3, -0.25) is 4.68 Å². The predicted molar refractivity (Wildman–Crippen MR) is 187 cm³/mol. The van der Waals surface area contributed by atoms with Gasteiger partial charge in [0.15, 0.2) is 5.65 Å². The van der Waals surface area contributed by atoms with Crippen molar-refractivity contribution in [2.45, 2.75) is 63.4 Å². The number of anilines is 1. The Morgan fingerprint density at radius 3 is 2.04 bits per heavy atom. The second kappa shape index (κ2) is 12.6. The van der Waals surface area contributed by atoms with Gasteiger partial charge in [0, 0.05) is 24.4 Å². The first kappa shape index (κ1) is 32.7. The van der Waals surface area contributed by atoms with Crippen LogP contribution in [0, 0.1) is 0 Å². The van der Waals surface area contributed by atoms with E-state index in [1.165, 1.54) is 22.5 Å². The molecule has 3 heterocycles. The molecule has 49 heavy (non-hydrogen) atoms. The average Bonchev–Trinajstić information content (AvgIpc) is 3.83. The van der Waals surface area contributed by atoms with E-state index in [0.29, 0.717) is 34.1 Å². The van der Waals surface area contributed by atoms with Crippen LogP contribution in [0.3, 0.4) is 0 Å². The summed E-state index contributed by atoms with van der Waals surface area (Å²) in [5.41, 5.74) is 2.02. The largest absolute Gasteiger partial charge is 0.416 e. The third kappa shape index (κ3) is 6.26. The van der Waals surface area contributed by atoms with Gasteiger partial charge in [0.1, 0.15) is 5.69 Å². The van der Waals surface area contributed by atoms with Crippen LogP contribution in [0.5, 0.6) is 0 Å². The molecule has 7 rings (SSSR count). The first-order valence-corrected chi connectivity index (χ1v) is 18.3. The Morgan fingerprint density at radius 1 is 0.816 bits per heavy atom. The Labute approximate surface area is 284 Å². The summed E-state index contributed by atoms with van der Waals surface area (Å²) in [6.07, 6.45) is 3.48. The predicted octanol–water partition coefficient (Wildman–Crippen LogP) is 7.12. The van der Waals surface area contributed by atoms with Crippen molar-refractivity contribution < 1.29 is 17.6 Å². The minimum Gasteiger partial charge on any atom is -0.402 e. The van der Waals surface area contributed by atoms with Crippen LogP contribution in [0.4, 0.5) is 19.1 Å². The molecule has 3 aromatic carbocycles. The van der Waals surface area contributed by atoms with Gasteiger partial charge in [0.25, 0.3) is 8.32 Å². The van der Waals surface area contributed by atoms with Crippen LogP contribution in [-0.2, 0) is 17.6 Å².